The molecule has 2 fully saturated rings. The molecular formula is C14H24N2O3. The van der Waals surface area contributed by atoms with E-state index >= 15 is 0 Å². The summed E-state index contributed by atoms with van der Waals surface area (Å²) in [5.41, 5.74) is -0.0365. The summed E-state index contributed by atoms with van der Waals surface area (Å²) in [5, 5.41) is 9.20. The maximum absolute atomic E-state index is 12.6. The Bertz CT molecular complexity index is 381. The molecule has 5 nitrogen and oxygen atoms in total. The van der Waals surface area contributed by atoms with Gasteiger partial charge in [-0.25, -0.2) is 0 Å². The Morgan fingerprint density at radius 2 is 1.79 bits per heavy atom. The highest BCUT2D eigenvalue weighted by Crippen LogP contribution is 2.34. The minimum Gasteiger partial charge on any atom is -0.481 e. The van der Waals surface area contributed by atoms with Crippen LogP contribution in [0.25, 0.3) is 0 Å². The van der Waals surface area contributed by atoms with Crippen LogP contribution in [-0.2, 0) is 9.59 Å². The number of likely N-dealkylation sites (N-methyl/N-ethyl adjacent to an activating group) is 1. The van der Waals surface area contributed by atoms with Crippen LogP contribution in [0.5, 0.6) is 0 Å². The second kappa shape index (κ2) is 5.12. The van der Waals surface area contributed by atoms with Crippen molar-refractivity contribution in [1.82, 2.24) is 9.80 Å². The third-order valence-electron chi connectivity index (χ3n) is 4.78. The summed E-state index contributed by atoms with van der Waals surface area (Å²) in [5.74, 6) is -1.55. The summed E-state index contributed by atoms with van der Waals surface area (Å²) < 4.78 is 0. The Labute approximate surface area is 114 Å². The van der Waals surface area contributed by atoms with E-state index in [1.807, 2.05) is 4.90 Å². The van der Waals surface area contributed by atoms with Crippen molar-refractivity contribution in [1.29, 1.82) is 0 Å². The molecule has 0 radical (unpaired) electrons. The molecule has 1 saturated heterocycles. The summed E-state index contributed by atoms with van der Waals surface area (Å²) in [6.07, 6.45) is 2.22. The number of hydrogen-bond donors (Lipinski definition) is 1. The molecule has 2 atom stereocenters. The van der Waals surface area contributed by atoms with E-state index < -0.39 is 11.9 Å². The summed E-state index contributed by atoms with van der Waals surface area (Å²) >= 11 is 0. The molecule has 2 aliphatic rings. The molecule has 1 aliphatic carbocycles. The number of carboxylic acids is 1. The van der Waals surface area contributed by atoms with Gasteiger partial charge in [0.15, 0.2) is 0 Å². The quantitative estimate of drug-likeness (QED) is 0.813. The molecule has 2 rings (SSSR count). The average Bonchev–Trinajstić information content (AvgIpc) is 2.80. The van der Waals surface area contributed by atoms with Crippen molar-refractivity contribution in [2.75, 3.05) is 26.7 Å². The maximum atomic E-state index is 12.6. The third kappa shape index (κ3) is 2.76. The molecule has 108 valence electrons. The summed E-state index contributed by atoms with van der Waals surface area (Å²) in [6, 6.07) is 0. The number of aliphatic carboxylic acids is 1. The smallest absolute Gasteiger partial charge is 0.307 e. The van der Waals surface area contributed by atoms with E-state index in [-0.39, 0.29) is 17.4 Å². The van der Waals surface area contributed by atoms with Gasteiger partial charge in [0.1, 0.15) is 0 Å². The second-order valence-electron chi connectivity index (χ2n) is 6.48. The van der Waals surface area contributed by atoms with Gasteiger partial charge in [-0.1, -0.05) is 6.42 Å². The number of carbonyl (C=O) groups is 2. The van der Waals surface area contributed by atoms with E-state index in [0.717, 1.165) is 19.4 Å². The number of amides is 1. The summed E-state index contributed by atoms with van der Waals surface area (Å²) in [6.45, 7) is 6.49. The lowest BCUT2D eigenvalue weighted by Gasteiger charge is -2.46. The van der Waals surface area contributed by atoms with E-state index in [1.165, 1.54) is 0 Å². The van der Waals surface area contributed by atoms with E-state index in [4.69, 9.17) is 0 Å². The Kier molecular flexibility index (Phi) is 3.85. The van der Waals surface area contributed by atoms with Crippen molar-refractivity contribution in [3.05, 3.63) is 0 Å². The Hall–Kier alpha value is -1.10. The number of rotatable bonds is 2. The van der Waals surface area contributed by atoms with E-state index in [2.05, 4.69) is 25.8 Å². The molecule has 0 spiro atoms. The van der Waals surface area contributed by atoms with E-state index in [9.17, 15) is 14.7 Å². The van der Waals surface area contributed by atoms with Gasteiger partial charge in [0.25, 0.3) is 0 Å². The molecular weight excluding hydrogens is 244 g/mol. The number of carboxylic acid groups (broad SMARTS) is 1. The van der Waals surface area contributed by atoms with Crippen molar-refractivity contribution in [2.24, 2.45) is 11.8 Å². The van der Waals surface area contributed by atoms with Crippen molar-refractivity contribution in [3.63, 3.8) is 0 Å². The normalized spacial score (nSPS) is 31.4. The highest BCUT2D eigenvalue weighted by Gasteiger charge is 2.42. The molecule has 19 heavy (non-hydrogen) atoms. The fourth-order valence-electron chi connectivity index (χ4n) is 3.21. The van der Waals surface area contributed by atoms with Gasteiger partial charge in [0.2, 0.25) is 5.91 Å². The van der Waals surface area contributed by atoms with Crippen LogP contribution >= 0.6 is 0 Å². The van der Waals surface area contributed by atoms with Gasteiger partial charge >= 0.3 is 5.97 Å². The zero-order valence-electron chi connectivity index (χ0n) is 12.1. The van der Waals surface area contributed by atoms with Crippen molar-refractivity contribution < 1.29 is 14.7 Å². The van der Waals surface area contributed by atoms with Crippen LogP contribution in [-0.4, -0.2) is 59.0 Å². The lowest BCUT2D eigenvalue weighted by molar-refractivity contribution is -0.151. The number of piperazine rings is 1. The molecule has 1 aliphatic heterocycles. The molecule has 0 aromatic rings. The number of hydrogen-bond acceptors (Lipinski definition) is 3. The minimum atomic E-state index is -0.816. The van der Waals surface area contributed by atoms with Crippen LogP contribution in [0.3, 0.4) is 0 Å². The standard InChI is InChI=1S/C14H24N2O3/c1-14(2)9-16(8-7-15(14)3)12(17)10-5-4-6-11(10)13(18)19/h10-11H,4-9H2,1-3H3,(H,18,19). The van der Waals surface area contributed by atoms with Gasteiger partial charge in [-0.3, -0.25) is 14.5 Å². The van der Waals surface area contributed by atoms with Crippen molar-refractivity contribution in [3.8, 4) is 0 Å². The number of carbonyl (C=O) groups excluding carboxylic acids is 1. The van der Waals surface area contributed by atoms with Gasteiger partial charge < -0.3 is 10.0 Å². The highest BCUT2D eigenvalue weighted by molar-refractivity contribution is 5.85. The summed E-state index contributed by atoms with van der Waals surface area (Å²) in [4.78, 5) is 27.9. The van der Waals surface area contributed by atoms with Crippen LogP contribution in [0.4, 0.5) is 0 Å². The SMILES string of the molecule is CN1CCN(C(=O)C2CCCC2C(=O)O)CC1(C)C. The Balaban J connectivity index is 2.06. The topological polar surface area (TPSA) is 60.9 Å². The van der Waals surface area contributed by atoms with Crippen LogP contribution in [0.2, 0.25) is 0 Å². The van der Waals surface area contributed by atoms with Gasteiger partial charge in [0.05, 0.1) is 11.8 Å². The lowest BCUT2D eigenvalue weighted by atomic mass is 9.92. The predicted molar refractivity (Wildman–Crippen MR) is 71.8 cm³/mol. The van der Waals surface area contributed by atoms with E-state index in [0.29, 0.717) is 19.5 Å². The maximum Gasteiger partial charge on any atom is 0.307 e. The molecule has 0 aromatic heterocycles. The first kappa shape index (κ1) is 14.3. The first-order valence-corrected chi connectivity index (χ1v) is 7.06. The lowest BCUT2D eigenvalue weighted by Crippen LogP contribution is -2.60. The third-order valence-corrected chi connectivity index (χ3v) is 4.78. The fourth-order valence-corrected chi connectivity index (χ4v) is 3.21. The zero-order chi connectivity index (χ0) is 14.2. The monoisotopic (exact) mass is 268 g/mol. The molecule has 1 saturated carbocycles. The first-order chi connectivity index (χ1) is 8.83. The van der Waals surface area contributed by atoms with E-state index in [1.54, 1.807) is 0 Å². The molecule has 0 aromatic carbocycles. The number of nitrogens with zero attached hydrogens (tertiary/aromatic N) is 2. The minimum absolute atomic E-state index is 0.0365. The second-order valence-corrected chi connectivity index (χ2v) is 6.48. The average molecular weight is 268 g/mol. The van der Waals surface area contributed by atoms with Crippen molar-refractivity contribution in [2.45, 2.75) is 38.6 Å². The predicted octanol–water partition coefficient (Wildman–Crippen LogP) is 1.04. The molecule has 1 amide bonds. The van der Waals surface area contributed by atoms with Gasteiger partial charge in [0, 0.05) is 25.2 Å². The van der Waals surface area contributed by atoms with Crippen LogP contribution in [0.15, 0.2) is 0 Å². The van der Waals surface area contributed by atoms with Gasteiger partial charge in [-0.15, -0.1) is 0 Å². The fraction of sp³-hybridized carbons (Fsp3) is 0.857. The Morgan fingerprint density at radius 3 is 2.37 bits per heavy atom. The van der Waals surface area contributed by atoms with Gasteiger partial charge in [-0.2, -0.15) is 0 Å². The van der Waals surface area contributed by atoms with Crippen LogP contribution in [0.1, 0.15) is 33.1 Å². The van der Waals surface area contributed by atoms with Crippen LogP contribution in [0, 0.1) is 11.8 Å². The highest BCUT2D eigenvalue weighted by atomic mass is 16.4. The Morgan fingerprint density at radius 1 is 1.16 bits per heavy atom. The molecule has 2 unspecified atom stereocenters. The molecule has 5 heteroatoms. The zero-order valence-corrected chi connectivity index (χ0v) is 12.1. The van der Waals surface area contributed by atoms with Crippen LogP contribution < -0.4 is 0 Å². The summed E-state index contributed by atoms with van der Waals surface area (Å²) in [7, 11) is 2.07. The van der Waals surface area contributed by atoms with Crippen molar-refractivity contribution >= 4 is 11.9 Å². The largest absolute Gasteiger partial charge is 0.481 e. The molecule has 1 heterocycles. The molecule has 1 N–H and O–H groups in total. The molecule has 0 bridgehead atoms. The first-order valence-electron chi connectivity index (χ1n) is 7.06. The van der Waals surface area contributed by atoms with Gasteiger partial charge in [-0.05, 0) is 33.7 Å².